The zero-order valence-corrected chi connectivity index (χ0v) is 9.90. The summed E-state index contributed by atoms with van der Waals surface area (Å²) in [4.78, 5) is 22.5. The first-order valence-corrected chi connectivity index (χ1v) is 5.53. The molecule has 0 heterocycles. The van der Waals surface area contributed by atoms with Crippen LogP contribution in [0.25, 0.3) is 0 Å². The van der Waals surface area contributed by atoms with Crippen LogP contribution in [0.5, 0.6) is 0 Å². The van der Waals surface area contributed by atoms with Crippen molar-refractivity contribution in [1.82, 2.24) is 5.32 Å². The Hall–Kier alpha value is -1.10. The van der Waals surface area contributed by atoms with Gasteiger partial charge in [-0.15, -0.1) is 0 Å². The second-order valence-corrected chi connectivity index (χ2v) is 4.37. The highest BCUT2D eigenvalue weighted by Crippen LogP contribution is 2.34. The van der Waals surface area contributed by atoms with E-state index in [1.807, 2.05) is 13.8 Å². The molecule has 0 aliphatic heterocycles. The molecule has 1 saturated carbocycles. The molecule has 4 atom stereocenters. The summed E-state index contributed by atoms with van der Waals surface area (Å²) in [6.45, 7) is 3.71. The van der Waals surface area contributed by atoms with Crippen LogP contribution < -0.4 is 5.32 Å². The van der Waals surface area contributed by atoms with Crippen LogP contribution in [0, 0.1) is 11.8 Å². The number of carbonyl (C=O) groups excluding carboxylic acids is 1. The highest BCUT2D eigenvalue weighted by molar-refractivity contribution is 5.86. The van der Waals surface area contributed by atoms with Gasteiger partial charge in [-0.05, 0) is 26.7 Å². The molecule has 0 bridgehead atoms. The van der Waals surface area contributed by atoms with Crippen LogP contribution in [0.15, 0.2) is 0 Å². The topological polar surface area (TPSA) is 75.6 Å². The molecular weight excluding hydrogens is 210 g/mol. The normalized spacial score (nSPS) is 27.7. The largest absolute Gasteiger partial charge is 0.481 e. The van der Waals surface area contributed by atoms with Crippen LogP contribution in [-0.4, -0.2) is 36.2 Å². The number of hydrogen-bond donors (Lipinski definition) is 2. The van der Waals surface area contributed by atoms with Gasteiger partial charge in [-0.2, -0.15) is 0 Å². The molecule has 0 aromatic heterocycles. The number of nitrogens with one attached hydrogen (secondary N) is 1. The molecule has 1 rings (SSSR count). The van der Waals surface area contributed by atoms with E-state index in [0.717, 1.165) is 0 Å². The first kappa shape index (κ1) is 13.0. The molecule has 0 spiro atoms. The van der Waals surface area contributed by atoms with Crippen LogP contribution in [0.4, 0.5) is 0 Å². The Morgan fingerprint density at radius 1 is 1.31 bits per heavy atom. The van der Waals surface area contributed by atoms with Crippen molar-refractivity contribution < 1.29 is 19.4 Å². The molecule has 5 heteroatoms. The van der Waals surface area contributed by atoms with Crippen LogP contribution in [0.2, 0.25) is 0 Å². The lowest BCUT2D eigenvalue weighted by molar-refractivity contribution is -0.153. The first-order valence-electron chi connectivity index (χ1n) is 5.53. The van der Waals surface area contributed by atoms with Crippen LogP contribution in [0.3, 0.4) is 0 Å². The summed E-state index contributed by atoms with van der Waals surface area (Å²) in [6, 6.07) is -0.104. The summed E-state index contributed by atoms with van der Waals surface area (Å²) in [5, 5.41) is 11.6. The number of ether oxygens (including phenoxy) is 1. The lowest BCUT2D eigenvalue weighted by atomic mass is 9.73. The fraction of sp³-hybridized carbons (Fsp3) is 0.818. The number of methoxy groups -OCH3 is 1. The van der Waals surface area contributed by atoms with Crippen molar-refractivity contribution in [2.75, 3.05) is 7.11 Å². The lowest BCUT2D eigenvalue weighted by Gasteiger charge is -2.33. The molecular formula is C11H19NO4. The van der Waals surface area contributed by atoms with E-state index in [4.69, 9.17) is 9.84 Å². The summed E-state index contributed by atoms with van der Waals surface area (Å²) >= 11 is 0. The second-order valence-electron chi connectivity index (χ2n) is 4.37. The number of carboxylic acids is 1. The average Bonchev–Trinajstić information content (AvgIpc) is 2.13. The van der Waals surface area contributed by atoms with Crippen LogP contribution in [-0.2, 0) is 14.3 Å². The summed E-state index contributed by atoms with van der Waals surface area (Å²) in [7, 11) is 1.58. The molecule has 0 aromatic rings. The minimum Gasteiger partial charge on any atom is -0.481 e. The van der Waals surface area contributed by atoms with Gasteiger partial charge >= 0.3 is 5.97 Å². The van der Waals surface area contributed by atoms with Crippen molar-refractivity contribution in [1.29, 1.82) is 0 Å². The number of carboxylic acid groups (broad SMARTS) is 1. The number of rotatable bonds is 5. The number of aliphatic carboxylic acids is 1. The van der Waals surface area contributed by atoms with E-state index in [9.17, 15) is 9.59 Å². The molecule has 0 radical (unpaired) electrons. The zero-order valence-electron chi connectivity index (χ0n) is 9.90. The SMILES string of the molecule is COC(C)[C@H](C)NC(=O)C1CCC1C(=O)O. The summed E-state index contributed by atoms with van der Waals surface area (Å²) in [5.74, 6) is -1.93. The molecule has 1 amide bonds. The van der Waals surface area contributed by atoms with Gasteiger partial charge in [0.1, 0.15) is 0 Å². The van der Waals surface area contributed by atoms with Gasteiger partial charge in [0, 0.05) is 7.11 Å². The fourth-order valence-electron chi connectivity index (χ4n) is 1.76. The third-order valence-corrected chi connectivity index (χ3v) is 3.37. The summed E-state index contributed by atoms with van der Waals surface area (Å²) < 4.78 is 5.09. The summed E-state index contributed by atoms with van der Waals surface area (Å²) in [6.07, 6.45) is 1.19. The molecule has 1 aliphatic carbocycles. The van der Waals surface area contributed by atoms with E-state index >= 15 is 0 Å². The monoisotopic (exact) mass is 229 g/mol. The van der Waals surface area contributed by atoms with Gasteiger partial charge in [0.25, 0.3) is 0 Å². The van der Waals surface area contributed by atoms with Crippen LogP contribution >= 0.6 is 0 Å². The van der Waals surface area contributed by atoms with E-state index < -0.39 is 11.9 Å². The van der Waals surface area contributed by atoms with E-state index in [-0.39, 0.29) is 24.0 Å². The quantitative estimate of drug-likeness (QED) is 0.725. The molecule has 5 nitrogen and oxygen atoms in total. The van der Waals surface area contributed by atoms with Crippen molar-refractivity contribution in [2.24, 2.45) is 11.8 Å². The fourth-order valence-corrected chi connectivity index (χ4v) is 1.76. The van der Waals surface area contributed by atoms with Crippen molar-refractivity contribution in [3.63, 3.8) is 0 Å². The maximum atomic E-state index is 11.7. The van der Waals surface area contributed by atoms with E-state index in [1.54, 1.807) is 7.11 Å². The van der Waals surface area contributed by atoms with E-state index in [0.29, 0.717) is 12.8 Å². The predicted molar refractivity (Wildman–Crippen MR) is 57.9 cm³/mol. The van der Waals surface area contributed by atoms with Gasteiger partial charge < -0.3 is 15.2 Å². The zero-order chi connectivity index (χ0) is 12.3. The molecule has 1 aliphatic rings. The minimum absolute atomic E-state index is 0.0766. The Bertz CT molecular complexity index is 279. The molecule has 16 heavy (non-hydrogen) atoms. The minimum atomic E-state index is -0.876. The Morgan fingerprint density at radius 3 is 2.25 bits per heavy atom. The molecule has 3 unspecified atom stereocenters. The molecule has 92 valence electrons. The van der Waals surface area contributed by atoms with E-state index in [2.05, 4.69) is 5.32 Å². The van der Waals surface area contributed by atoms with Gasteiger partial charge in [0.05, 0.1) is 24.0 Å². The van der Waals surface area contributed by atoms with Gasteiger partial charge in [-0.1, -0.05) is 0 Å². The van der Waals surface area contributed by atoms with E-state index in [1.165, 1.54) is 0 Å². The van der Waals surface area contributed by atoms with Gasteiger partial charge in [-0.3, -0.25) is 9.59 Å². The van der Waals surface area contributed by atoms with Gasteiger partial charge in [-0.25, -0.2) is 0 Å². The van der Waals surface area contributed by atoms with Crippen LogP contribution in [0.1, 0.15) is 26.7 Å². The third-order valence-electron chi connectivity index (χ3n) is 3.37. The average molecular weight is 229 g/mol. The third kappa shape index (κ3) is 2.72. The standard InChI is InChI=1S/C11H19NO4/c1-6(7(2)16-3)12-10(13)8-4-5-9(8)11(14)15/h6-9H,4-5H2,1-3H3,(H,12,13)(H,14,15)/t6-,7?,8?,9?/m0/s1. The van der Waals surface area contributed by atoms with Crippen molar-refractivity contribution in [2.45, 2.75) is 38.8 Å². The maximum Gasteiger partial charge on any atom is 0.307 e. The Kier molecular flexibility index (Phi) is 4.29. The highest BCUT2D eigenvalue weighted by Gasteiger charge is 2.41. The Labute approximate surface area is 95.2 Å². The smallest absolute Gasteiger partial charge is 0.307 e. The number of hydrogen-bond acceptors (Lipinski definition) is 3. The molecule has 2 N–H and O–H groups in total. The summed E-state index contributed by atoms with van der Waals surface area (Å²) in [5.41, 5.74) is 0. The first-order chi connectivity index (χ1) is 7.47. The van der Waals surface area contributed by atoms with Gasteiger partial charge in [0.15, 0.2) is 0 Å². The number of carbonyl (C=O) groups is 2. The number of amides is 1. The lowest BCUT2D eigenvalue weighted by Crippen LogP contribution is -2.49. The van der Waals surface area contributed by atoms with Gasteiger partial charge in [0.2, 0.25) is 5.91 Å². The van der Waals surface area contributed by atoms with Crippen molar-refractivity contribution in [3.05, 3.63) is 0 Å². The molecule has 0 saturated heterocycles. The maximum absolute atomic E-state index is 11.7. The van der Waals surface area contributed by atoms with Crippen molar-refractivity contribution in [3.8, 4) is 0 Å². The molecule has 1 fully saturated rings. The predicted octanol–water partition coefficient (Wildman–Crippen LogP) is 0.637. The Morgan fingerprint density at radius 2 is 1.88 bits per heavy atom. The Balaban J connectivity index is 2.44. The highest BCUT2D eigenvalue weighted by atomic mass is 16.5. The molecule has 0 aromatic carbocycles. The van der Waals surface area contributed by atoms with Crippen molar-refractivity contribution >= 4 is 11.9 Å². The second kappa shape index (κ2) is 5.30.